The van der Waals surface area contributed by atoms with Gasteiger partial charge in [0.1, 0.15) is 0 Å². The number of aliphatic hydroxyl groups excluding tert-OH is 1. The summed E-state index contributed by atoms with van der Waals surface area (Å²) in [6, 6.07) is -0.494. The third-order valence-electron chi connectivity index (χ3n) is 3.09. The number of carbonyl (C=O) groups excluding carboxylic acids is 2. The third-order valence-corrected chi connectivity index (χ3v) is 3.09. The zero-order chi connectivity index (χ0) is 14.8. The van der Waals surface area contributed by atoms with Crippen LogP contribution in [0.2, 0.25) is 0 Å². The standard InChI is InChI=1S/C12H24N4O4/c1-20-9-2-13-12(19)14-11(18)10-16-5-3-15(4-6-16)7-8-17/h17H,2-10H2,1H3,(H2,13,14,18,19). The predicted octanol–water partition coefficient (Wildman–Crippen LogP) is -1.93. The average Bonchev–Trinajstić information content (AvgIpc) is 2.41. The number of imide groups is 1. The molecule has 0 bridgehead atoms. The van der Waals surface area contributed by atoms with Gasteiger partial charge in [-0.1, -0.05) is 0 Å². The van der Waals surface area contributed by atoms with Crippen LogP contribution in [0, 0.1) is 0 Å². The first-order valence-electron chi connectivity index (χ1n) is 6.78. The summed E-state index contributed by atoms with van der Waals surface area (Å²) in [5.41, 5.74) is 0. The molecule has 0 aromatic carbocycles. The Bertz CT molecular complexity index is 306. The first kappa shape index (κ1) is 16.8. The molecule has 116 valence electrons. The van der Waals surface area contributed by atoms with E-state index in [0.717, 1.165) is 26.2 Å². The number of β-amino-alcohol motifs (C(OH)–C–C–N with tert-alkyl or cyclic N) is 1. The van der Waals surface area contributed by atoms with Crippen LogP contribution in [0.5, 0.6) is 0 Å². The quantitative estimate of drug-likeness (QED) is 0.472. The van der Waals surface area contributed by atoms with Crippen LogP contribution in [-0.2, 0) is 9.53 Å². The fraction of sp³-hybridized carbons (Fsp3) is 0.833. The minimum atomic E-state index is -0.494. The molecule has 1 saturated heterocycles. The van der Waals surface area contributed by atoms with Crippen molar-refractivity contribution in [2.75, 3.05) is 66.1 Å². The number of aliphatic hydroxyl groups is 1. The highest BCUT2D eigenvalue weighted by molar-refractivity contribution is 5.95. The Hall–Kier alpha value is -1.22. The van der Waals surface area contributed by atoms with Crippen LogP contribution in [0.3, 0.4) is 0 Å². The second-order valence-corrected chi connectivity index (χ2v) is 4.64. The molecule has 0 saturated carbocycles. The highest BCUT2D eigenvalue weighted by Crippen LogP contribution is 2.00. The Morgan fingerprint density at radius 2 is 1.85 bits per heavy atom. The fourth-order valence-corrected chi connectivity index (χ4v) is 1.99. The molecule has 1 aliphatic heterocycles. The van der Waals surface area contributed by atoms with Crippen molar-refractivity contribution < 1.29 is 19.4 Å². The van der Waals surface area contributed by atoms with Crippen LogP contribution in [-0.4, -0.2) is 93.0 Å². The molecule has 20 heavy (non-hydrogen) atoms. The molecule has 3 amide bonds. The van der Waals surface area contributed by atoms with Gasteiger partial charge in [0.05, 0.1) is 19.8 Å². The van der Waals surface area contributed by atoms with Crippen molar-refractivity contribution in [1.29, 1.82) is 0 Å². The van der Waals surface area contributed by atoms with Crippen LogP contribution >= 0.6 is 0 Å². The van der Waals surface area contributed by atoms with Crippen LogP contribution in [0.4, 0.5) is 4.79 Å². The second-order valence-electron chi connectivity index (χ2n) is 4.64. The van der Waals surface area contributed by atoms with Gasteiger partial charge in [-0.2, -0.15) is 0 Å². The molecule has 0 aromatic heterocycles. The molecular weight excluding hydrogens is 264 g/mol. The molecule has 1 rings (SSSR count). The molecule has 0 unspecified atom stereocenters. The van der Waals surface area contributed by atoms with Crippen molar-refractivity contribution in [2.45, 2.75) is 0 Å². The lowest BCUT2D eigenvalue weighted by molar-refractivity contribution is -0.121. The van der Waals surface area contributed by atoms with Gasteiger partial charge in [-0.25, -0.2) is 4.79 Å². The van der Waals surface area contributed by atoms with Crippen molar-refractivity contribution in [2.24, 2.45) is 0 Å². The highest BCUT2D eigenvalue weighted by Gasteiger charge is 2.19. The number of hydrogen-bond acceptors (Lipinski definition) is 6. The number of rotatable bonds is 7. The Labute approximate surface area is 119 Å². The Morgan fingerprint density at radius 1 is 1.20 bits per heavy atom. The molecule has 0 spiro atoms. The van der Waals surface area contributed by atoms with Crippen molar-refractivity contribution in [3.05, 3.63) is 0 Å². The van der Waals surface area contributed by atoms with Crippen LogP contribution in [0.15, 0.2) is 0 Å². The maximum absolute atomic E-state index is 11.7. The Balaban J connectivity index is 2.15. The maximum atomic E-state index is 11.7. The molecule has 0 atom stereocenters. The largest absolute Gasteiger partial charge is 0.395 e. The smallest absolute Gasteiger partial charge is 0.321 e. The first-order valence-corrected chi connectivity index (χ1v) is 6.78. The number of hydrogen-bond donors (Lipinski definition) is 3. The first-order chi connectivity index (χ1) is 9.65. The van der Waals surface area contributed by atoms with Crippen molar-refractivity contribution in [1.82, 2.24) is 20.4 Å². The van der Waals surface area contributed by atoms with Crippen LogP contribution in [0.25, 0.3) is 0 Å². The van der Waals surface area contributed by atoms with E-state index < -0.39 is 6.03 Å². The number of ether oxygens (including phenoxy) is 1. The summed E-state index contributed by atoms with van der Waals surface area (Å²) in [7, 11) is 1.54. The molecule has 1 fully saturated rings. The molecule has 8 nitrogen and oxygen atoms in total. The molecule has 3 N–H and O–H groups in total. The van der Waals surface area contributed by atoms with E-state index in [1.165, 1.54) is 0 Å². The summed E-state index contributed by atoms with van der Waals surface area (Å²) in [5, 5.41) is 13.7. The monoisotopic (exact) mass is 288 g/mol. The Kier molecular flexibility index (Phi) is 8.12. The molecule has 8 heteroatoms. The van der Waals surface area contributed by atoms with Gasteiger partial charge in [-0.15, -0.1) is 0 Å². The van der Waals surface area contributed by atoms with E-state index in [1.807, 2.05) is 4.90 Å². The van der Waals surface area contributed by atoms with Gasteiger partial charge in [0.25, 0.3) is 0 Å². The van der Waals surface area contributed by atoms with Gasteiger partial charge < -0.3 is 15.2 Å². The molecule has 0 radical (unpaired) electrons. The maximum Gasteiger partial charge on any atom is 0.321 e. The predicted molar refractivity (Wildman–Crippen MR) is 73.4 cm³/mol. The van der Waals surface area contributed by atoms with Gasteiger partial charge in [-0.3, -0.25) is 19.9 Å². The lowest BCUT2D eigenvalue weighted by Gasteiger charge is -2.33. The van der Waals surface area contributed by atoms with Crippen molar-refractivity contribution >= 4 is 11.9 Å². The van der Waals surface area contributed by atoms with Crippen LogP contribution < -0.4 is 10.6 Å². The number of amides is 3. The van der Waals surface area contributed by atoms with E-state index >= 15 is 0 Å². The van der Waals surface area contributed by atoms with E-state index in [2.05, 4.69) is 15.5 Å². The van der Waals surface area contributed by atoms with Gasteiger partial charge >= 0.3 is 6.03 Å². The number of urea groups is 1. The third kappa shape index (κ3) is 6.80. The van der Waals surface area contributed by atoms with Crippen molar-refractivity contribution in [3.63, 3.8) is 0 Å². The van der Waals surface area contributed by atoms with E-state index in [4.69, 9.17) is 9.84 Å². The molecule has 0 aliphatic carbocycles. The summed E-state index contributed by atoms with van der Waals surface area (Å²) in [4.78, 5) is 27.2. The number of carbonyl (C=O) groups is 2. The summed E-state index contributed by atoms with van der Waals surface area (Å²) in [5.74, 6) is -0.310. The van der Waals surface area contributed by atoms with Gasteiger partial charge in [-0.05, 0) is 0 Å². The van der Waals surface area contributed by atoms with E-state index in [0.29, 0.717) is 19.7 Å². The fourth-order valence-electron chi connectivity index (χ4n) is 1.99. The van der Waals surface area contributed by atoms with E-state index in [1.54, 1.807) is 7.11 Å². The minimum Gasteiger partial charge on any atom is -0.395 e. The number of methoxy groups -OCH3 is 1. The van der Waals surface area contributed by atoms with E-state index in [9.17, 15) is 9.59 Å². The normalized spacial score (nSPS) is 16.9. The summed E-state index contributed by atoms with van der Waals surface area (Å²) in [6.07, 6.45) is 0. The average molecular weight is 288 g/mol. The van der Waals surface area contributed by atoms with Gasteiger partial charge in [0.15, 0.2) is 0 Å². The van der Waals surface area contributed by atoms with Crippen LogP contribution in [0.1, 0.15) is 0 Å². The van der Waals surface area contributed by atoms with E-state index in [-0.39, 0.29) is 19.1 Å². The molecule has 1 heterocycles. The summed E-state index contributed by atoms with van der Waals surface area (Å²) < 4.78 is 4.79. The van der Waals surface area contributed by atoms with Gasteiger partial charge in [0, 0.05) is 46.4 Å². The Morgan fingerprint density at radius 3 is 2.45 bits per heavy atom. The topological polar surface area (TPSA) is 94.1 Å². The summed E-state index contributed by atoms with van der Waals surface area (Å²) >= 11 is 0. The number of nitrogens with one attached hydrogen (secondary N) is 2. The second kappa shape index (κ2) is 9.65. The van der Waals surface area contributed by atoms with Crippen molar-refractivity contribution in [3.8, 4) is 0 Å². The number of piperazine rings is 1. The lowest BCUT2D eigenvalue weighted by atomic mass is 10.3. The molecule has 1 aliphatic rings. The molecular formula is C12H24N4O4. The minimum absolute atomic E-state index is 0.155. The molecule has 0 aromatic rings. The van der Waals surface area contributed by atoms with Gasteiger partial charge in [0.2, 0.25) is 5.91 Å². The zero-order valence-corrected chi connectivity index (χ0v) is 11.9. The SMILES string of the molecule is COCCNC(=O)NC(=O)CN1CCN(CCO)CC1. The lowest BCUT2D eigenvalue weighted by Crippen LogP contribution is -2.51. The zero-order valence-electron chi connectivity index (χ0n) is 11.9. The summed E-state index contributed by atoms with van der Waals surface area (Å²) in [6.45, 7) is 5.00. The number of nitrogens with zero attached hydrogens (tertiary/aromatic N) is 2. The highest BCUT2D eigenvalue weighted by atomic mass is 16.5.